The van der Waals surface area contributed by atoms with E-state index >= 15 is 0 Å². The first-order valence-corrected chi connectivity index (χ1v) is 4.28. The lowest BCUT2D eigenvalue weighted by molar-refractivity contribution is 0.434. The molecule has 0 aromatic carbocycles. The highest BCUT2D eigenvalue weighted by Gasteiger charge is 2.44. The van der Waals surface area contributed by atoms with Gasteiger partial charge >= 0.3 is 0 Å². The first-order valence-electron chi connectivity index (χ1n) is 4.28. The van der Waals surface area contributed by atoms with Crippen LogP contribution in [0.15, 0.2) is 23.0 Å². The van der Waals surface area contributed by atoms with Crippen LogP contribution in [0.3, 0.4) is 0 Å². The number of nitrogens with zero attached hydrogens (tertiary/aromatic N) is 2. The minimum Gasteiger partial charge on any atom is -0.354 e. The topological polar surface area (TPSA) is 64.9 Å². The third-order valence-electron chi connectivity index (χ3n) is 2.54. The summed E-state index contributed by atoms with van der Waals surface area (Å²) in [4.78, 5) is 3.95. The van der Waals surface area contributed by atoms with Gasteiger partial charge in [-0.2, -0.15) is 0 Å². The fourth-order valence-electron chi connectivity index (χ4n) is 1.52. The summed E-state index contributed by atoms with van der Waals surface area (Å²) in [7, 11) is 0. The van der Waals surface area contributed by atoms with Crippen LogP contribution >= 0.6 is 0 Å². The second kappa shape index (κ2) is 2.09. The van der Waals surface area contributed by atoms with Gasteiger partial charge < -0.3 is 10.3 Å². The average molecular weight is 175 g/mol. The van der Waals surface area contributed by atoms with Crippen molar-refractivity contribution in [3.8, 4) is 0 Å². The maximum Gasteiger partial charge on any atom is 0.185 e. The molecule has 1 fully saturated rings. The highest BCUT2D eigenvalue weighted by atomic mass is 16.5. The van der Waals surface area contributed by atoms with Crippen LogP contribution in [0.25, 0.3) is 11.0 Å². The Morgan fingerprint density at radius 3 is 3.08 bits per heavy atom. The first-order chi connectivity index (χ1) is 6.30. The summed E-state index contributed by atoms with van der Waals surface area (Å²) in [5.41, 5.74) is 7.40. The quantitative estimate of drug-likeness (QED) is 0.706. The minimum absolute atomic E-state index is 0.230. The van der Waals surface area contributed by atoms with Crippen molar-refractivity contribution in [3.63, 3.8) is 0 Å². The number of hydrogen-bond acceptors (Lipinski definition) is 4. The van der Waals surface area contributed by atoms with Gasteiger partial charge in [0.25, 0.3) is 0 Å². The van der Waals surface area contributed by atoms with E-state index < -0.39 is 0 Å². The first kappa shape index (κ1) is 7.03. The number of aromatic nitrogens is 2. The van der Waals surface area contributed by atoms with Crippen molar-refractivity contribution in [2.75, 3.05) is 0 Å². The fraction of sp³-hybridized carbons (Fsp3) is 0.333. The Bertz CT molecular complexity index is 459. The van der Waals surface area contributed by atoms with Crippen LogP contribution in [-0.4, -0.2) is 10.1 Å². The molecule has 0 saturated heterocycles. The van der Waals surface area contributed by atoms with Gasteiger partial charge in [-0.25, -0.2) is 0 Å². The highest BCUT2D eigenvalue weighted by molar-refractivity contribution is 5.79. The number of pyridine rings is 1. The van der Waals surface area contributed by atoms with Gasteiger partial charge in [-0.15, -0.1) is 0 Å². The van der Waals surface area contributed by atoms with Crippen LogP contribution in [-0.2, 0) is 5.54 Å². The largest absolute Gasteiger partial charge is 0.354 e. The van der Waals surface area contributed by atoms with Gasteiger partial charge in [-0.1, -0.05) is 5.16 Å². The smallest absolute Gasteiger partial charge is 0.185 e. The monoisotopic (exact) mass is 175 g/mol. The van der Waals surface area contributed by atoms with E-state index in [1.54, 1.807) is 12.4 Å². The summed E-state index contributed by atoms with van der Waals surface area (Å²) < 4.78 is 5.12. The number of rotatable bonds is 1. The molecule has 2 heterocycles. The Hall–Kier alpha value is -1.42. The van der Waals surface area contributed by atoms with Gasteiger partial charge in [0.15, 0.2) is 5.58 Å². The molecule has 0 amide bonds. The summed E-state index contributed by atoms with van der Waals surface area (Å²) in [5.74, 6) is 0. The maximum atomic E-state index is 6.04. The zero-order valence-corrected chi connectivity index (χ0v) is 7.03. The molecule has 2 aromatic heterocycles. The summed E-state index contributed by atoms with van der Waals surface area (Å²) in [6, 6.07) is 1.90. The molecule has 2 N–H and O–H groups in total. The van der Waals surface area contributed by atoms with E-state index in [1.165, 1.54) is 0 Å². The molecule has 13 heavy (non-hydrogen) atoms. The third kappa shape index (κ3) is 0.890. The van der Waals surface area contributed by atoms with Gasteiger partial charge in [0, 0.05) is 11.6 Å². The predicted octanol–water partition coefficient (Wildman–Crippen LogP) is 1.17. The molecule has 0 aliphatic heterocycles. The van der Waals surface area contributed by atoms with Crippen LogP contribution in [0.5, 0.6) is 0 Å². The second-order valence-electron chi connectivity index (χ2n) is 3.56. The normalized spacial score (nSPS) is 19.2. The molecule has 0 atom stereocenters. The molecule has 1 aliphatic rings. The van der Waals surface area contributed by atoms with Crippen molar-refractivity contribution in [2.45, 2.75) is 18.4 Å². The Labute approximate surface area is 74.7 Å². The van der Waals surface area contributed by atoms with Crippen LogP contribution in [0.2, 0.25) is 0 Å². The molecule has 0 bridgehead atoms. The second-order valence-corrected chi connectivity index (χ2v) is 3.56. The summed E-state index contributed by atoms with van der Waals surface area (Å²) >= 11 is 0. The van der Waals surface area contributed by atoms with Gasteiger partial charge in [0.05, 0.1) is 11.7 Å². The van der Waals surface area contributed by atoms with Crippen molar-refractivity contribution in [1.82, 2.24) is 10.1 Å². The molecule has 1 aliphatic carbocycles. The van der Waals surface area contributed by atoms with Crippen LogP contribution in [0.4, 0.5) is 0 Å². The lowest BCUT2D eigenvalue weighted by Crippen LogP contribution is -2.19. The lowest BCUT2D eigenvalue weighted by atomic mass is 10.1. The SMILES string of the molecule is NC1(c2noc3cnccc23)CC1. The Kier molecular flexibility index (Phi) is 1.13. The summed E-state index contributed by atoms with van der Waals surface area (Å²) in [6.45, 7) is 0. The molecule has 4 nitrogen and oxygen atoms in total. The van der Waals surface area contributed by atoms with Crippen LogP contribution in [0.1, 0.15) is 18.5 Å². The van der Waals surface area contributed by atoms with E-state index in [9.17, 15) is 0 Å². The molecule has 1 saturated carbocycles. The third-order valence-corrected chi connectivity index (χ3v) is 2.54. The highest BCUT2D eigenvalue weighted by Crippen LogP contribution is 2.44. The molecule has 66 valence electrons. The molecule has 0 unspecified atom stereocenters. The summed E-state index contributed by atoms with van der Waals surface area (Å²) in [6.07, 6.45) is 5.39. The molecule has 3 rings (SSSR count). The van der Waals surface area contributed by atoms with Crippen LogP contribution < -0.4 is 5.73 Å². The van der Waals surface area contributed by atoms with Crippen molar-refractivity contribution < 1.29 is 4.52 Å². The van der Waals surface area contributed by atoms with Crippen molar-refractivity contribution in [2.24, 2.45) is 5.73 Å². The summed E-state index contributed by atoms with van der Waals surface area (Å²) in [5, 5.41) is 4.98. The Morgan fingerprint density at radius 1 is 1.46 bits per heavy atom. The van der Waals surface area contributed by atoms with Crippen molar-refractivity contribution >= 4 is 11.0 Å². The standard InChI is InChI=1S/C9H9N3O/c10-9(2-3-9)8-6-1-4-11-5-7(6)13-12-8/h1,4-5H,2-3,10H2. The maximum absolute atomic E-state index is 6.04. The minimum atomic E-state index is -0.230. The number of hydrogen-bond donors (Lipinski definition) is 1. The van der Waals surface area contributed by atoms with Gasteiger partial charge in [-0.05, 0) is 18.9 Å². The van der Waals surface area contributed by atoms with E-state index in [4.69, 9.17) is 10.3 Å². The van der Waals surface area contributed by atoms with E-state index in [2.05, 4.69) is 10.1 Å². The van der Waals surface area contributed by atoms with E-state index in [1.807, 2.05) is 6.07 Å². The van der Waals surface area contributed by atoms with Crippen LogP contribution in [0, 0.1) is 0 Å². The Morgan fingerprint density at radius 2 is 2.31 bits per heavy atom. The zero-order valence-electron chi connectivity index (χ0n) is 7.03. The van der Waals surface area contributed by atoms with Crippen molar-refractivity contribution in [1.29, 1.82) is 0 Å². The molecular weight excluding hydrogens is 166 g/mol. The zero-order chi connectivity index (χ0) is 8.89. The molecule has 0 radical (unpaired) electrons. The van der Waals surface area contributed by atoms with E-state index in [0.29, 0.717) is 5.58 Å². The molecular formula is C9H9N3O. The predicted molar refractivity (Wildman–Crippen MR) is 46.9 cm³/mol. The fourth-order valence-corrected chi connectivity index (χ4v) is 1.52. The van der Waals surface area contributed by atoms with Crippen molar-refractivity contribution in [3.05, 3.63) is 24.2 Å². The van der Waals surface area contributed by atoms with E-state index in [-0.39, 0.29) is 5.54 Å². The van der Waals surface area contributed by atoms with Gasteiger partial charge in [-0.3, -0.25) is 4.98 Å². The molecule has 0 spiro atoms. The number of nitrogens with two attached hydrogens (primary N) is 1. The van der Waals surface area contributed by atoms with E-state index in [0.717, 1.165) is 23.9 Å². The van der Waals surface area contributed by atoms with Gasteiger partial charge in [0.1, 0.15) is 5.69 Å². The number of fused-ring (bicyclic) bond motifs is 1. The molecule has 2 aromatic rings. The molecule has 4 heteroatoms. The average Bonchev–Trinajstić information content (AvgIpc) is 2.76. The lowest BCUT2D eigenvalue weighted by Gasteiger charge is -2.01. The Balaban J connectivity index is 2.30. The van der Waals surface area contributed by atoms with Gasteiger partial charge in [0.2, 0.25) is 0 Å².